The first-order valence-electron chi connectivity index (χ1n) is 4.97. The van der Waals surface area contributed by atoms with Gasteiger partial charge in [0.1, 0.15) is 4.90 Å². The first-order valence-corrected chi connectivity index (χ1v) is 6.38. The van der Waals surface area contributed by atoms with E-state index in [2.05, 4.69) is 11.9 Å². The molecule has 1 N–H and O–H groups in total. The van der Waals surface area contributed by atoms with E-state index in [9.17, 15) is 8.42 Å². The molecule has 0 aliphatic carbocycles. The van der Waals surface area contributed by atoms with E-state index in [1.165, 1.54) is 12.3 Å². The summed E-state index contributed by atoms with van der Waals surface area (Å²) in [7, 11) is -3.69. The Kier molecular flexibility index (Phi) is 4.52. The predicted molar refractivity (Wildman–Crippen MR) is 63.7 cm³/mol. The molecule has 5 heteroatoms. The molecule has 0 amide bonds. The Morgan fingerprint density at radius 3 is 2.75 bits per heavy atom. The summed E-state index contributed by atoms with van der Waals surface area (Å²) in [4.78, 5) is 0.128. The zero-order chi connectivity index (χ0) is 12.0. The van der Waals surface area contributed by atoms with Crippen molar-refractivity contribution in [3.05, 3.63) is 37.0 Å². The van der Waals surface area contributed by atoms with Gasteiger partial charge in [-0.05, 0) is 24.8 Å². The maximum Gasteiger partial charge on any atom is 0.299 e. The van der Waals surface area contributed by atoms with Crippen LogP contribution in [0.5, 0.6) is 0 Å². The lowest BCUT2D eigenvalue weighted by Gasteiger charge is -2.09. The fourth-order valence-electron chi connectivity index (χ4n) is 1.17. The minimum atomic E-state index is -3.69. The van der Waals surface area contributed by atoms with Gasteiger partial charge in [0.25, 0.3) is 10.1 Å². The van der Waals surface area contributed by atoms with Gasteiger partial charge in [-0.15, -0.1) is 0 Å². The quantitative estimate of drug-likeness (QED) is 0.777. The molecule has 1 aromatic rings. The van der Waals surface area contributed by atoms with E-state index in [4.69, 9.17) is 4.18 Å². The van der Waals surface area contributed by atoms with Gasteiger partial charge in [0.05, 0.1) is 12.3 Å². The first kappa shape index (κ1) is 12.7. The largest absolute Gasteiger partial charge is 0.361 e. The molecule has 0 heterocycles. The molecule has 0 aliphatic rings. The summed E-state index contributed by atoms with van der Waals surface area (Å²) in [6.45, 7) is 5.53. The Morgan fingerprint density at radius 1 is 1.44 bits per heavy atom. The molecule has 4 nitrogen and oxygen atoms in total. The zero-order valence-electron chi connectivity index (χ0n) is 9.14. The molecule has 1 rings (SSSR count). The van der Waals surface area contributed by atoms with Gasteiger partial charge in [-0.2, -0.15) is 8.42 Å². The normalized spacial score (nSPS) is 11.1. The summed E-state index contributed by atoms with van der Waals surface area (Å²) in [5.41, 5.74) is 0.466. The fraction of sp³-hybridized carbons (Fsp3) is 0.273. The number of benzene rings is 1. The number of hydrogen-bond acceptors (Lipinski definition) is 4. The molecule has 0 saturated heterocycles. The Labute approximate surface area is 96.1 Å². The highest BCUT2D eigenvalue weighted by atomic mass is 32.2. The van der Waals surface area contributed by atoms with Gasteiger partial charge in [-0.25, -0.2) is 0 Å². The van der Waals surface area contributed by atoms with Gasteiger partial charge in [-0.1, -0.05) is 25.6 Å². The number of rotatable bonds is 6. The summed E-state index contributed by atoms with van der Waals surface area (Å²) in [5.74, 6) is 0. The average Bonchev–Trinajstić information content (AvgIpc) is 2.27. The molecule has 0 atom stereocenters. The van der Waals surface area contributed by atoms with Gasteiger partial charge in [0, 0.05) is 0 Å². The highest BCUT2D eigenvalue weighted by Gasteiger charge is 2.18. The molecule has 0 unspecified atom stereocenters. The first-order chi connectivity index (χ1) is 7.61. The van der Waals surface area contributed by atoms with Crippen molar-refractivity contribution >= 4 is 15.8 Å². The van der Waals surface area contributed by atoms with Gasteiger partial charge >= 0.3 is 0 Å². The fourth-order valence-corrected chi connectivity index (χ4v) is 2.32. The molecule has 0 radical (unpaired) electrons. The third kappa shape index (κ3) is 3.08. The van der Waals surface area contributed by atoms with Crippen LogP contribution in [0.4, 0.5) is 5.69 Å². The van der Waals surface area contributed by atoms with Gasteiger partial charge in [0.2, 0.25) is 0 Å². The lowest BCUT2D eigenvalue weighted by molar-refractivity contribution is 0.318. The van der Waals surface area contributed by atoms with E-state index in [1.807, 2.05) is 6.92 Å². The lowest BCUT2D eigenvalue weighted by atomic mass is 10.3. The molecule has 16 heavy (non-hydrogen) atoms. The third-order valence-corrected chi connectivity index (χ3v) is 3.23. The van der Waals surface area contributed by atoms with Crippen molar-refractivity contribution < 1.29 is 12.6 Å². The number of nitrogens with one attached hydrogen (secondary N) is 1. The monoisotopic (exact) mass is 241 g/mol. The molecule has 88 valence electrons. The second kappa shape index (κ2) is 5.67. The molecule has 0 aliphatic heterocycles. The van der Waals surface area contributed by atoms with Crippen molar-refractivity contribution in [1.82, 2.24) is 0 Å². The smallest absolute Gasteiger partial charge is 0.299 e. The maximum atomic E-state index is 11.8. The zero-order valence-corrected chi connectivity index (χ0v) is 9.96. The Balaban J connectivity index is 3.06. The van der Waals surface area contributed by atoms with Crippen molar-refractivity contribution in [1.29, 1.82) is 0 Å². The van der Waals surface area contributed by atoms with Crippen LogP contribution in [0, 0.1) is 0 Å². The van der Waals surface area contributed by atoms with Gasteiger partial charge in [0.15, 0.2) is 0 Å². The second-order valence-electron chi connectivity index (χ2n) is 3.12. The highest BCUT2D eigenvalue weighted by Crippen LogP contribution is 2.22. The number of anilines is 1. The SMILES string of the molecule is C=CNc1ccccc1S(=O)(=O)OCCC. The summed E-state index contributed by atoms with van der Waals surface area (Å²) < 4.78 is 28.4. The molecule has 0 aromatic heterocycles. The molecule has 0 fully saturated rings. The van der Waals surface area contributed by atoms with Crippen molar-refractivity contribution in [3.8, 4) is 0 Å². The van der Waals surface area contributed by atoms with Crippen LogP contribution in [0.15, 0.2) is 41.9 Å². The molecule has 0 bridgehead atoms. The highest BCUT2D eigenvalue weighted by molar-refractivity contribution is 7.87. The molecule has 0 saturated carbocycles. The Hall–Kier alpha value is -1.33. The molecule has 1 aromatic carbocycles. The Bertz CT molecular complexity index is 454. The number of para-hydroxylation sites is 1. The van der Waals surface area contributed by atoms with Crippen molar-refractivity contribution in [3.63, 3.8) is 0 Å². The predicted octanol–water partition coefficient (Wildman–Crippen LogP) is 2.36. The third-order valence-electron chi connectivity index (χ3n) is 1.86. The van der Waals surface area contributed by atoms with Gasteiger partial charge < -0.3 is 5.32 Å². The van der Waals surface area contributed by atoms with E-state index in [-0.39, 0.29) is 11.5 Å². The van der Waals surface area contributed by atoms with Crippen LogP contribution in [0.25, 0.3) is 0 Å². The molecule has 0 spiro atoms. The van der Waals surface area contributed by atoms with Crippen LogP contribution in [0.2, 0.25) is 0 Å². The van der Waals surface area contributed by atoms with Crippen LogP contribution in [-0.4, -0.2) is 15.0 Å². The van der Waals surface area contributed by atoms with Crippen molar-refractivity contribution in [2.45, 2.75) is 18.2 Å². The van der Waals surface area contributed by atoms with E-state index in [1.54, 1.807) is 18.2 Å². The van der Waals surface area contributed by atoms with Crippen LogP contribution in [0.1, 0.15) is 13.3 Å². The standard InChI is InChI=1S/C11H15NO3S/c1-3-9-15-16(13,14)11-8-6-5-7-10(11)12-4-2/h4-8,12H,2-3,9H2,1H3. The minimum absolute atomic E-state index is 0.128. The Morgan fingerprint density at radius 2 is 2.12 bits per heavy atom. The summed E-state index contributed by atoms with van der Waals surface area (Å²) >= 11 is 0. The lowest BCUT2D eigenvalue weighted by Crippen LogP contribution is -2.09. The van der Waals surface area contributed by atoms with Crippen molar-refractivity contribution in [2.24, 2.45) is 0 Å². The molecular weight excluding hydrogens is 226 g/mol. The summed E-state index contributed by atoms with van der Waals surface area (Å²) in [5, 5.41) is 2.76. The summed E-state index contributed by atoms with van der Waals surface area (Å²) in [6, 6.07) is 6.54. The minimum Gasteiger partial charge on any atom is -0.361 e. The molecular formula is C11H15NO3S. The summed E-state index contributed by atoms with van der Waals surface area (Å²) in [6.07, 6.45) is 2.07. The van der Waals surface area contributed by atoms with E-state index < -0.39 is 10.1 Å². The second-order valence-corrected chi connectivity index (χ2v) is 4.70. The van der Waals surface area contributed by atoms with Gasteiger partial charge in [-0.3, -0.25) is 4.18 Å². The van der Waals surface area contributed by atoms with Crippen LogP contribution < -0.4 is 5.32 Å². The van der Waals surface area contributed by atoms with Crippen LogP contribution in [0.3, 0.4) is 0 Å². The van der Waals surface area contributed by atoms with Crippen LogP contribution in [-0.2, 0) is 14.3 Å². The maximum absolute atomic E-state index is 11.8. The average molecular weight is 241 g/mol. The van der Waals surface area contributed by atoms with E-state index in [0.29, 0.717) is 12.1 Å². The van der Waals surface area contributed by atoms with Crippen molar-refractivity contribution in [2.75, 3.05) is 11.9 Å². The van der Waals surface area contributed by atoms with E-state index in [0.717, 1.165) is 0 Å². The number of hydrogen-bond donors (Lipinski definition) is 1. The van der Waals surface area contributed by atoms with Crippen LogP contribution >= 0.6 is 0 Å². The topological polar surface area (TPSA) is 55.4 Å². The van der Waals surface area contributed by atoms with E-state index >= 15 is 0 Å².